The van der Waals surface area contributed by atoms with Crippen molar-refractivity contribution in [1.29, 1.82) is 0 Å². The molecule has 0 aliphatic rings. The molecule has 0 aromatic heterocycles. The van der Waals surface area contributed by atoms with Crippen molar-refractivity contribution in [3.05, 3.63) is 11.1 Å². The Morgan fingerprint density at radius 1 is 1.09 bits per heavy atom. The predicted octanol–water partition coefficient (Wildman–Crippen LogP) is 3.77. The minimum atomic E-state index is -4.00. The van der Waals surface area contributed by atoms with Crippen LogP contribution in [0.4, 0.5) is 17.6 Å². The van der Waals surface area contributed by atoms with E-state index >= 15 is 0 Å². The number of hydrogen-bond donors (Lipinski definition) is 0. The van der Waals surface area contributed by atoms with Gasteiger partial charge in [-0.3, -0.25) is 0 Å². The summed E-state index contributed by atoms with van der Waals surface area (Å²) in [7, 11) is 0. The zero-order valence-corrected chi connectivity index (χ0v) is 6.99. The Morgan fingerprint density at radius 3 is 1.55 bits per heavy atom. The molecule has 0 saturated heterocycles. The molecule has 0 N–H and O–H groups in total. The van der Waals surface area contributed by atoms with Gasteiger partial charge in [0, 0.05) is 6.08 Å². The van der Waals surface area contributed by atoms with Gasteiger partial charge in [-0.2, -0.15) is 17.6 Å². The maximum Gasteiger partial charge on any atom is 0.358 e. The van der Waals surface area contributed by atoms with Gasteiger partial charge >= 0.3 is 10.8 Å². The maximum absolute atomic E-state index is 11.8. The average molecular weight is 231 g/mol. The van der Waals surface area contributed by atoms with Gasteiger partial charge in [-0.25, -0.2) is 0 Å². The smallest absolute Gasteiger partial charge is 0.184 e. The van der Waals surface area contributed by atoms with Crippen molar-refractivity contribution in [2.75, 3.05) is 0 Å². The standard InChI is InChI=1S/C4HCl3F4/c5-2(4(7,10)11)1-3(6,8)9/h1H. The monoisotopic (exact) mass is 230 g/mol. The summed E-state index contributed by atoms with van der Waals surface area (Å²) >= 11 is 13.2. The molecule has 0 aliphatic carbocycles. The molecule has 0 aromatic carbocycles. The first-order valence-electron chi connectivity index (χ1n) is 2.15. The van der Waals surface area contributed by atoms with Gasteiger partial charge in [-0.15, -0.1) is 0 Å². The van der Waals surface area contributed by atoms with E-state index < -0.39 is 15.8 Å². The predicted molar refractivity (Wildman–Crippen MR) is 35.5 cm³/mol. The SMILES string of the molecule is FC(F)(Cl)C=C(Cl)C(F)(F)Cl. The Bertz CT molecular complexity index is 165. The van der Waals surface area contributed by atoms with Crippen molar-refractivity contribution in [2.24, 2.45) is 0 Å². The highest BCUT2D eigenvalue weighted by Crippen LogP contribution is 2.35. The highest BCUT2D eigenvalue weighted by Gasteiger charge is 2.34. The van der Waals surface area contributed by atoms with E-state index in [1.165, 1.54) is 0 Å². The Balaban J connectivity index is 4.49. The minimum Gasteiger partial charge on any atom is -0.184 e. The number of rotatable bonds is 2. The summed E-state index contributed by atoms with van der Waals surface area (Å²) in [5.74, 6) is 0. The molecule has 0 rings (SSSR count). The summed E-state index contributed by atoms with van der Waals surface area (Å²) < 4.78 is 47.1. The van der Waals surface area contributed by atoms with Crippen molar-refractivity contribution < 1.29 is 17.6 Å². The molecule has 0 unspecified atom stereocenters. The van der Waals surface area contributed by atoms with Crippen LogP contribution < -0.4 is 0 Å². The lowest BCUT2D eigenvalue weighted by molar-refractivity contribution is 0.129. The van der Waals surface area contributed by atoms with Gasteiger partial charge in [-0.1, -0.05) is 11.6 Å². The molecule has 0 radical (unpaired) electrons. The zero-order chi connectivity index (χ0) is 9.28. The second-order valence-corrected chi connectivity index (χ2v) is 2.92. The van der Waals surface area contributed by atoms with Crippen molar-refractivity contribution in [1.82, 2.24) is 0 Å². The van der Waals surface area contributed by atoms with Crippen LogP contribution in [0.2, 0.25) is 0 Å². The molecule has 0 bridgehead atoms. The van der Waals surface area contributed by atoms with Crippen molar-refractivity contribution in [3.63, 3.8) is 0 Å². The highest BCUT2D eigenvalue weighted by molar-refractivity contribution is 6.38. The van der Waals surface area contributed by atoms with E-state index in [-0.39, 0.29) is 6.08 Å². The van der Waals surface area contributed by atoms with E-state index in [0.717, 1.165) is 0 Å². The van der Waals surface area contributed by atoms with Crippen LogP contribution in [0.1, 0.15) is 0 Å². The Morgan fingerprint density at radius 2 is 1.45 bits per heavy atom. The molecule has 0 fully saturated rings. The molecule has 11 heavy (non-hydrogen) atoms. The fraction of sp³-hybridized carbons (Fsp3) is 0.500. The zero-order valence-electron chi connectivity index (χ0n) is 4.72. The van der Waals surface area contributed by atoms with E-state index in [4.69, 9.17) is 0 Å². The summed E-state index contributed by atoms with van der Waals surface area (Å²) in [4.78, 5) is 0. The lowest BCUT2D eigenvalue weighted by Gasteiger charge is -2.07. The maximum atomic E-state index is 11.8. The third kappa shape index (κ3) is 5.58. The van der Waals surface area contributed by atoms with Gasteiger partial charge in [0.1, 0.15) is 5.03 Å². The Kier molecular flexibility index (Phi) is 3.47. The molecule has 0 aromatic rings. The first-order valence-corrected chi connectivity index (χ1v) is 3.28. The second kappa shape index (κ2) is 3.37. The first kappa shape index (κ1) is 11.3. The average Bonchev–Trinajstić information content (AvgIpc) is 1.56. The van der Waals surface area contributed by atoms with Crippen LogP contribution in [0.25, 0.3) is 0 Å². The Labute approximate surface area is 74.7 Å². The summed E-state index contributed by atoms with van der Waals surface area (Å²) in [6.07, 6.45) is -0.330. The van der Waals surface area contributed by atoms with E-state index in [1.54, 1.807) is 0 Å². The second-order valence-electron chi connectivity index (χ2n) is 1.53. The number of hydrogen-bond acceptors (Lipinski definition) is 0. The van der Waals surface area contributed by atoms with Crippen LogP contribution in [0.5, 0.6) is 0 Å². The first-order chi connectivity index (χ1) is 4.63. The highest BCUT2D eigenvalue weighted by atomic mass is 35.5. The fourth-order valence-corrected chi connectivity index (χ4v) is 0.582. The number of halogens is 7. The van der Waals surface area contributed by atoms with Gasteiger partial charge in [-0.05, 0) is 23.2 Å². The fourth-order valence-electron chi connectivity index (χ4n) is 0.226. The normalized spacial score (nSPS) is 15.4. The van der Waals surface area contributed by atoms with Crippen LogP contribution in [-0.4, -0.2) is 10.8 Å². The summed E-state index contributed by atoms with van der Waals surface area (Å²) in [6, 6.07) is 0. The lowest BCUT2D eigenvalue weighted by atomic mass is 10.5. The summed E-state index contributed by atoms with van der Waals surface area (Å²) in [5, 5.41) is -9.41. The molecule has 0 saturated carbocycles. The van der Waals surface area contributed by atoms with Crippen LogP contribution in [0.15, 0.2) is 11.1 Å². The number of alkyl halides is 6. The molecular weight excluding hydrogens is 230 g/mol. The van der Waals surface area contributed by atoms with Crippen molar-refractivity contribution in [3.8, 4) is 0 Å². The van der Waals surface area contributed by atoms with E-state index in [1.807, 2.05) is 0 Å². The third-order valence-electron chi connectivity index (χ3n) is 0.561. The van der Waals surface area contributed by atoms with E-state index in [0.29, 0.717) is 0 Å². The molecule has 0 amide bonds. The Hall–Kier alpha value is 0.330. The van der Waals surface area contributed by atoms with Gasteiger partial charge in [0.05, 0.1) is 0 Å². The van der Waals surface area contributed by atoms with Gasteiger partial charge in [0.2, 0.25) is 0 Å². The molecule has 0 nitrogen and oxygen atoms in total. The lowest BCUT2D eigenvalue weighted by Crippen LogP contribution is -2.10. The summed E-state index contributed by atoms with van der Waals surface area (Å²) in [5.41, 5.74) is 0. The molecule has 0 atom stereocenters. The summed E-state index contributed by atoms with van der Waals surface area (Å²) in [6.45, 7) is 0. The molecule has 0 aliphatic heterocycles. The van der Waals surface area contributed by atoms with E-state index in [9.17, 15) is 17.6 Å². The van der Waals surface area contributed by atoms with Gasteiger partial charge in [0.15, 0.2) is 0 Å². The topological polar surface area (TPSA) is 0 Å². The van der Waals surface area contributed by atoms with Gasteiger partial charge < -0.3 is 0 Å². The molecule has 0 heterocycles. The van der Waals surface area contributed by atoms with Crippen LogP contribution in [0, 0.1) is 0 Å². The molecule has 7 heteroatoms. The van der Waals surface area contributed by atoms with E-state index in [2.05, 4.69) is 34.8 Å². The molecule has 0 spiro atoms. The van der Waals surface area contributed by atoms with Crippen molar-refractivity contribution in [2.45, 2.75) is 10.8 Å². The van der Waals surface area contributed by atoms with Crippen LogP contribution >= 0.6 is 34.8 Å². The van der Waals surface area contributed by atoms with Gasteiger partial charge in [0.25, 0.3) is 0 Å². The third-order valence-corrected chi connectivity index (χ3v) is 1.32. The quantitative estimate of drug-likeness (QED) is 0.501. The van der Waals surface area contributed by atoms with Crippen molar-refractivity contribution >= 4 is 34.8 Å². The number of allylic oxidation sites excluding steroid dienone is 2. The largest absolute Gasteiger partial charge is 0.358 e. The van der Waals surface area contributed by atoms with Crippen LogP contribution in [0.3, 0.4) is 0 Å². The minimum absolute atomic E-state index is 0.330. The van der Waals surface area contributed by atoms with Crippen LogP contribution in [-0.2, 0) is 0 Å². The molecular formula is C4HCl3F4. The molecule has 66 valence electrons.